The third-order valence-electron chi connectivity index (χ3n) is 2.90. The minimum Gasteiger partial charge on any atom is -0.461 e. The second kappa shape index (κ2) is 6.54. The summed E-state index contributed by atoms with van der Waals surface area (Å²) in [6.45, 7) is 1.45. The lowest BCUT2D eigenvalue weighted by Gasteiger charge is -2.14. The molecule has 0 amide bonds. The van der Waals surface area contributed by atoms with Crippen LogP contribution in [0.4, 0.5) is 26.3 Å². The molecule has 0 radical (unpaired) electrons. The van der Waals surface area contributed by atoms with Crippen molar-refractivity contribution in [2.45, 2.75) is 19.3 Å². The third kappa shape index (κ3) is 4.03. The van der Waals surface area contributed by atoms with Crippen molar-refractivity contribution in [2.75, 3.05) is 6.61 Å². The summed E-state index contributed by atoms with van der Waals surface area (Å²) in [4.78, 5) is 11.6. The molecule has 1 heterocycles. The predicted molar refractivity (Wildman–Crippen MR) is 72.3 cm³/mol. The number of nitrogens with zero attached hydrogens (tertiary/aromatic N) is 3. The highest BCUT2D eigenvalue weighted by Gasteiger charge is 2.37. The van der Waals surface area contributed by atoms with Crippen LogP contribution in [-0.2, 0) is 17.1 Å². The van der Waals surface area contributed by atoms with Crippen molar-refractivity contribution in [3.05, 3.63) is 40.2 Å². The Morgan fingerprint density at radius 2 is 1.64 bits per heavy atom. The molecule has 1 aromatic carbocycles. The number of benzene rings is 1. The van der Waals surface area contributed by atoms with E-state index in [1.807, 2.05) is 0 Å². The maximum atomic E-state index is 12.9. The van der Waals surface area contributed by atoms with Crippen LogP contribution in [0, 0.1) is 0 Å². The number of ether oxygens (including phenoxy) is 1. The summed E-state index contributed by atoms with van der Waals surface area (Å²) in [5.41, 5.74) is -4.30. The lowest BCUT2D eigenvalue weighted by Crippen LogP contribution is -2.13. The van der Waals surface area contributed by atoms with Gasteiger partial charge in [0.1, 0.15) is 0 Å². The Hall–Kier alpha value is -2.30. The molecule has 0 spiro atoms. The smallest absolute Gasteiger partial charge is 0.416 e. The molecule has 1 aromatic heterocycles. The van der Waals surface area contributed by atoms with Gasteiger partial charge in [0.2, 0.25) is 5.69 Å². The quantitative estimate of drug-likeness (QED) is 0.587. The molecule has 0 fully saturated rings. The van der Waals surface area contributed by atoms with Crippen molar-refractivity contribution in [1.82, 2.24) is 15.0 Å². The fourth-order valence-electron chi connectivity index (χ4n) is 1.82. The molecule has 25 heavy (non-hydrogen) atoms. The van der Waals surface area contributed by atoms with Crippen LogP contribution in [0.3, 0.4) is 0 Å². The normalized spacial score (nSPS) is 12.3. The molecule has 5 nitrogen and oxygen atoms in total. The van der Waals surface area contributed by atoms with E-state index in [2.05, 4.69) is 15.0 Å². The van der Waals surface area contributed by atoms with Crippen LogP contribution in [0.25, 0.3) is 5.69 Å². The maximum Gasteiger partial charge on any atom is 0.416 e. The van der Waals surface area contributed by atoms with E-state index in [0.717, 1.165) is 0 Å². The standard InChI is InChI=1S/C13H8ClF6N3O2/c1-2-25-11(24)9-10(14)23(22-21-9)8-4-6(12(15,16)17)3-7(5-8)13(18,19)20/h3-5H,2H2,1H3. The van der Waals surface area contributed by atoms with Gasteiger partial charge in [-0.25, -0.2) is 9.48 Å². The molecule has 0 atom stereocenters. The van der Waals surface area contributed by atoms with Gasteiger partial charge in [-0.1, -0.05) is 16.8 Å². The molecular weight excluding hydrogens is 380 g/mol. The van der Waals surface area contributed by atoms with Gasteiger partial charge in [-0.3, -0.25) is 0 Å². The van der Waals surface area contributed by atoms with Crippen LogP contribution in [-0.4, -0.2) is 27.6 Å². The Labute approximate surface area is 141 Å². The Morgan fingerprint density at radius 1 is 1.12 bits per heavy atom. The Morgan fingerprint density at radius 3 is 2.08 bits per heavy atom. The van der Waals surface area contributed by atoms with Crippen molar-refractivity contribution in [1.29, 1.82) is 0 Å². The second-order valence-electron chi connectivity index (χ2n) is 4.63. The Balaban J connectivity index is 2.61. The average Bonchev–Trinajstić information content (AvgIpc) is 2.87. The maximum absolute atomic E-state index is 12.9. The minimum absolute atomic E-state index is 0.0379. The first kappa shape index (κ1) is 19.0. The minimum atomic E-state index is -5.03. The van der Waals surface area contributed by atoms with Gasteiger partial charge in [0.15, 0.2) is 5.15 Å². The molecule has 0 N–H and O–H groups in total. The third-order valence-corrected chi connectivity index (χ3v) is 3.24. The first-order chi connectivity index (χ1) is 11.4. The summed E-state index contributed by atoms with van der Waals surface area (Å²) in [6.07, 6.45) is -10.1. The number of carbonyl (C=O) groups is 1. The van der Waals surface area contributed by atoms with Gasteiger partial charge >= 0.3 is 18.3 Å². The van der Waals surface area contributed by atoms with Crippen LogP contribution in [0.2, 0.25) is 5.15 Å². The van der Waals surface area contributed by atoms with E-state index in [-0.39, 0.29) is 12.7 Å². The van der Waals surface area contributed by atoms with Gasteiger partial charge in [-0.15, -0.1) is 5.10 Å². The van der Waals surface area contributed by atoms with Crippen molar-refractivity contribution in [3.63, 3.8) is 0 Å². The summed E-state index contributed by atoms with van der Waals surface area (Å²) in [6, 6.07) is 0.774. The Kier molecular flexibility index (Phi) is 4.98. The van der Waals surface area contributed by atoms with Crippen molar-refractivity contribution >= 4 is 17.6 Å². The molecule has 0 aliphatic rings. The molecule has 2 aromatic rings. The van der Waals surface area contributed by atoms with Crippen molar-refractivity contribution in [2.24, 2.45) is 0 Å². The summed E-state index contributed by atoms with van der Waals surface area (Å²) in [5, 5.41) is 6.10. The number of hydrogen-bond acceptors (Lipinski definition) is 4. The fraction of sp³-hybridized carbons (Fsp3) is 0.308. The summed E-state index contributed by atoms with van der Waals surface area (Å²) < 4.78 is 82.3. The SMILES string of the molecule is CCOC(=O)c1nnn(-c2cc(C(F)(F)F)cc(C(F)(F)F)c2)c1Cl. The Bertz CT molecular complexity index is 768. The molecule has 12 heteroatoms. The average molecular weight is 388 g/mol. The van der Waals surface area contributed by atoms with Crippen LogP contribution in [0.5, 0.6) is 0 Å². The van der Waals surface area contributed by atoms with Crippen LogP contribution < -0.4 is 0 Å². The number of halogens is 7. The highest BCUT2D eigenvalue weighted by atomic mass is 35.5. The molecule has 0 saturated carbocycles. The zero-order valence-electron chi connectivity index (χ0n) is 12.2. The van der Waals surface area contributed by atoms with Crippen molar-refractivity contribution in [3.8, 4) is 5.69 Å². The van der Waals surface area contributed by atoms with E-state index in [0.29, 0.717) is 16.8 Å². The first-order valence-corrected chi connectivity index (χ1v) is 6.91. The van der Waals surface area contributed by atoms with Gasteiger partial charge in [-0.2, -0.15) is 26.3 Å². The van der Waals surface area contributed by atoms with E-state index in [1.54, 1.807) is 0 Å². The fourth-order valence-corrected chi connectivity index (χ4v) is 2.07. The number of hydrogen-bond donors (Lipinski definition) is 0. The van der Waals surface area contributed by atoms with Gasteiger partial charge in [0.25, 0.3) is 0 Å². The van der Waals surface area contributed by atoms with Gasteiger partial charge in [0.05, 0.1) is 23.4 Å². The molecule has 2 rings (SSSR count). The molecule has 136 valence electrons. The molecule has 0 saturated heterocycles. The van der Waals surface area contributed by atoms with Crippen LogP contribution >= 0.6 is 11.6 Å². The van der Waals surface area contributed by atoms with Crippen LogP contribution in [0.1, 0.15) is 28.5 Å². The zero-order chi connectivity index (χ0) is 19.0. The molecular formula is C13H8ClF6N3O2. The number of esters is 1. The van der Waals surface area contributed by atoms with Gasteiger partial charge < -0.3 is 4.74 Å². The predicted octanol–water partition coefficient (Wildman–Crippen LogP) is 4.14. The summed E-state index contributed by atoms with van der Waals surface area (Å²) >= 11 is 5.80. The highest BCUT2D eigenvalue weighted by molar-refractivity contribution is 6.32. The zero-order valence-corrected chi connectivity index (χ0v) is 13.0. The summed E-state index contributed by atoms with van der Waals surface area (Å²) in [7, 11) is 0. The van der Waals surface area contributed by atoms with E-state index in [9.17, 15) is 31.1 Å². The second-order valence-corrected chi connectivity index (χ2v) is 4.98. The number of aromatic nitrogens is 3. The largest absolute Gasteiger partial charge is 0.461 e. The van der Waals surface area contributed by atoms with Gasteiger partial charge in [-0.05, 0) is 25.1 Å². The van der Waals surface area contributed by atoms with Crippen LogP contribution in [0.15, 0.2) is 18.2 Å². The van der Waals surface area contributed by atoms with Crippen molar-refractivity contribution < 1.29 is 35.9 Å². The first-order valence-electron chi connectivity index (χ1n) is 6.53. The topological polar surface area (TPSA) is 57.0 Å². The lowest BCUT2D eigenvalue weighted by atomic mass is 10.1. The molecule has 0 bridgehead atoms. The van der Waals surface area contributed by atoms with E-state index < -0.39 is 46.0 Å². The van der Waals surface area contributed by atoms with E-state index in [4.69, 9.17) is 11.6 Å². The lowest BCUT2D eigenvalue weighted by molar-refractivity contribution is -0.143. The highest BCUT2D eigenvalue weighted by Crippen LogP contribution is 2.37. The molecule has 0 unspecified atom stereocenters. The summed E-state index contributed by atoms with van der Waals surface area (Å²) in [5.74, 6) is -1.01. The number of rotatable bonds is 3. The van der Waals surface area contributed by atoms with E-state index in [1.165, 1.54) is 6.92 Å². The monoisotopic (exact) mass is 387 g/mol. The molecule has 0 aliphatic heterocycles. The molecule has 0 aliphatic carbocycles. The van der Waals surface area contributed by atoms with E-state index >= 15 is 0 Å². The number of carbonyl (C=O) groups excluding carboxylic acids is 1. The number of alkyl halides is 6. The van der Waals surface area contributed by atoms with Gasteiger partial charge in [0, 0.05) is 0 Å².